The molecule has 2 aromatic carbocycles. The molecule has 0 bridgehead atoms. The quantitative estimate of drug-likeness (QED) is 0.444. The van der Waals surface area contributed by atoms with Crippen LogP contribution >= 0.6 is 23.2 Å². The van der Waals surface area contributed by atoms with Crippen LogP contribution in [-0.4, -0.2) is 47.7 Å². The summed E-state index contributed by atoms with van der Waals surface area (Å²) < 4.78 is 5.42. The molecular weight excluding hydrogens is 455 g/mol. The van der Waals surface area contributed by atoms with Crippen LogP contribution in [0.15, 0.2) is 36.4 Å². The van der Waals surface area contributed by atoms with Gasteiger partial charge in [-0.15, -0.1) is 0 Å². The molecule has 1 amide bonds. The lowest BCUT2D eigenvalue weighted by molar-refractivity contribution is -0.383. The number of carbonyl (C=O) groups excluding carboxylic acids is 1. The number of amides is 1. The number of piperazine rings is 1. The van der Waals surface area contributed by atoms with Gasteiger partial charge >= 0.3 is 11.8 Å². The van der Waals surface area contributed by atoms with E-state index in [0.717, 1.165) is 5.56 Å². The average molecular weight is 481 g/mol. The number of nitro groups is 1. The zero-order valence-corrected chi connectivity index (χ0v) is 19.7. The first-order chi connectivity index (χ1) is 15.0. The number of nitro benzene ring substituents is 1. The predicted octanol–water partition coefficient (Wildman–Crippen LogP) is 5.57. The van der Waals surface area contributed by atoms with Crippen LogP contribution in [0.3, 0.4) is 0 Å². The molecule has 0 unspecified atom stereocenters. The molecule has 1 saturated heterocycles. The first kappa shape index (κ1) is 23.9. The van der Waals surface area contributed by atoms with Gasteiger partial charge in [-0.25, -0.2) is 4.79 Å². The van der Waals surface area contributed by atoms with Crippen LogP contribution < -0.4 is 10.2 Å². The number of rotatable bonds is 5. The maximum Gasteiger partial charge on any atom is 0.410 e. The molecule has 1 N–H and O–H groups in total. The van der Waals surface area contributed by atoms with E-state index in [9.17, 15) is 14.9 Å². The molecule has 0 saturated carbocycles. The summed E-state index contributed by atoms with van der Waals surface area (Å²) in [6.07, 6.45) is -0.373. The molecule has 32 heavy (non-hydrogen) atoms. The molecular formula is C22H26Cl2N4O4. The third-order valence-corrected chi connectivity index (χ3v) is 5.31. The lowest BCUT2D eigenvalue weighted by Crippen LogP contribution is -2.50. The standard InChI is InChI=1S/C22H26Cl2N4O4/c1-22(2,3)32-21(29)27-9-7-26(8-10-27)19-6-4-5-18(20(19)28(30)31)25-14-15-11-16(23)13-17(24)12-15/h4-6,11-13,25H,7-10,14H2,1-3H3. The van der Waals surface area contributed by atoms with E-state index in [0.29, 0.717) is 54.1 Å². The van der Waals surface area contributed by atoms with Crippen molar-refractivity contribution >= 4 is 46.4 Å². The Hall–Kier alpha value is -2.71. The number of anilines is 2. The molecule has 2 aromatic rings. The van der Waals surface area contributed by atoms with E-state index in [1.54, 1.807) is 41.3 Å². The van der Waals surface area contributed by atoms with E-state index in [2.05, 4.69) is 5.32 Å². The number of nitrogens with zero attached hydrogens (tertiary/aromatic N) is 3. The molecule has 172 valence electrons. The summed E-state index contributed by atoms with van der Waals surface area (Å²) in [5, 5.41) is 16.1. The molecule has 8 nitrogen and oxygen atoms in total. The van der Waals surface area contributed by atoms with Crippen LogP contribution in [0.4, 0.5) is 21.9 Å². The Balaban J connectivity index is 1.74. The summed E-state index contributed by atoms with van der Waals surface area (Å²) in [6.45, 7) is 7.56. The van der Waals surface area contributed by atoms with Crippen molar-refractivity contribution in [1.29, 1.82) is 0 Å². The van der Waals surface area contributed by atoms with Gasteiger partial charge in [-0.1, -0.05) is 29.3 Å². The molecule has 1 fully saturated rings. The highest BCUT2D eigenvalue weighted by Crippen LogP contribution is 2.36. The van der Waals surface area contributed by atoms with Crippen molar-refractivity contribution in [3.63, 3.8) is 0 Å². The van der Waals surface area contributed by atoms with Crippen LogP contribution in [0.1, 0.15) is 26.3 Å². The first-order valence-electron chi connectivity index (χ1n) is 10.2. The SMILES string of the molecule is CC(C)(C)OC(=O)N1CCN(c2cccc(NCc3cc(Cl)cc(Cl)c3)c2[N+](=O)[O-])CC1. The minimum absolute atomic E-state index is 0.00802. The Morgan fingerprint density at radius 1 is 1.12 bits per heavy atom. The minimum atomic E-state index is -0.569. The topological polar surface area (TPSA) is 88.0 Å². The summed E-state index contributed by atoms with van der Waals surface area (Å²) in [5.41, 5.74) is 1.14. The van der Waals surface area contributed by atoms with Gasteiger partial charge in [0.2, 0.25) is 0 Å². The van der Waals surface area contributed by atoms with E-state index in [1.807, 2.05) is 25.7 Å². The lowest BCUT2D eigenvalue weighted by atomic mass is 10.1. The number of para-hydroxylation sites is 1. The molecule has 0 aromatic heterocycles. The number of nitrogens with one attached hydrogen (secondary N) is 1. The molecule has 1 aliphatic heterocycles. The maximum atomic E-state index is 12.3. The van der Waals surface area contributed by atoms with Gasteiger partial charge in [0.15, 0.2) is 0 Å². The van der Waals surface area contributed by atoms with Gasteiger partial charge in [0.05, 0.1) is 4.92 Å². The van der Waals surface area contributed by atoms with E-state index < -0.39 is 5.60 Å². The highest BCUT2D eigenvalue weighted by molar-refractivity contribution is 6.34. The van der Waals surface area contributed by atoms with Gasteiger partial charge in [-0.2, -0.15) is 0 Å². The van der Waals surface area contributed by atoms with Crippen LogP contribution in [0.2, 0.25) is 10.0 Å². The lowest BCUT2D eigenvalue weighted by Gasteiger charge is -2.36. The van der Waals surface area contributed by atoms with Crippen molar-refractivity contribution in [2.24, 2.45) is 0 Å². The zero-order chi connectivity index (χ0) is 23.5. The second-order valence-electron chi connectivity index (χ2n) is 8.52. The van der Waals surface area contributed by atoms with Gasteiger partial charge in [0, 0.05) is 42.8 Å². The second kappa shape index (κ2) is 9.83. The fourth-order valence-corrected chi connectivity index (χ4v) is 4.06. The molecule has 0 radical (unpaired) electrons. The van der Waals surface area contributed by atoms with E-state index in [-0.39, 0.29) is 16.7 Å². The summed E-state index contributed by atoms with van der Waals surface area (Å²) in [4.78, 5) is 27.4. The fourth-order valence-electron chi connectivity index (χ4n) is 3.49. The monoisotopic (exact) mass is 480 g/mol. The van der Waals surface area contributed by atoms with Gasteiger partial charge in [0.1, 0.15) is 17.0 Å². The Kier molecular flexibility index (Phi) is 7.36. The zero-order valence-electron chi connectivity index (χ0n) is 18.2. The molecule has 1 aliphatic rings. The number of ether oxygens (including phenoxy) is 1. The first-order valence-corrected chi connectivity index (χ1v) is 11.0. The van der Waals surface area contributed by atoms with Gasteiger partial charge < -0.3 is 19.9 Å². The van der Waals surface area contributed by atoms with E-state index in [4.69, 9.17) is 27.9 Å². The molecule has 1 heterocycles. The Morgan fingerprint density at radius 2 is 1.75 bits per heavy atom. The van der Waals surface area contributed by atoms with Gasteiger partial charge in [-0.05, 0) is 56.7 Å². The summed E-state index contributed by atoms with van der Waals surface area (Å²) >= 11 is 12.1. The van der Waals surface area contributed by atoms with Crippen molar-refractivity contribution in [3.8, 4) is 0 Å². The number of halogens is 2. The van der Waals surface area contributed by atoms with Crippen LogP contribution in [0.5, 0.6) is 0 Å². The highest BCUT2D eigenvalue weighted by Gasteiger charge is 2.30. The maximum absolute atomic E-state index is 12.3. The highest BCUT2D eigenvalue weighted by atomic mass is 35.5. The predicted molar refractivity (Wildman–Crippen MR) is 127 cm³/mol. The molecule has 3 rings (SSSR count). The minimum Gasteiger partial charge on any atom is -0.444 e. The molecule has 0 atom stereocenters. The summed E-state index contributed by atoms with van der Waals surface area (Å²) in [6, 6.07) is 10.3. The smallest absolute Gasteiger partial charge is 0.410 e. The van der Waals surface area contributed by atoms with Crippen molar-refractivity contribution < 1.29 is 14.5 Å². The normalized spacial score (nSPS) is 14.3. The number of hydrogen-bond donors (Lipinski definition) is 1. The number of carbonyl (C=O) groups is 1. The van der Waals surface area contributed by atoms with E-state index in [1.165, 1.54) is 0 Å². The van der Waals surface area contributed by atoms with Crippen LogP contribution in [-0.2, 0) is 11.3 Å². The second-order valence-corrected chi connectivity index (χ2v) is 9.39. The average Bonchev–Trinajstić information content (AvgIpc) is 2.70. The van der Waals surface area contributed by atoms with E-state index >= 15 is 0 Å². The fraction of sp³-hybridized carbons (Fsp3) is 0.409. The Labute approximate surface area is 197 Å². The number of hydrogen-bond acceptors (Lipinski definition) is 6. The van der Waals surface area contributed by atoms with Crippen molar-refractivity contribution in [2.45, 2.75) is 32.9 Å². The molecule has 0 aliphatic carbocycles. The van der Waals surface area contributed by atoms with Crippen LogP contribution in [0.25, 0.3) is 0 Å². The Bertz CT molecular complexity index is 982. The third-order valence-electron chi connectivity index (χ3n) is 4.87. The summed E-state index contributed by atoms with van der Waals surface area (Å²) in [7, 11) is 0. The Morgan fingerprint density at radius 3 is 2.31 bits per heavy atom. The molecule has 10 heteroatoms. The van der Waals surface area contributed by atoms with Gasteiger partial charge in [-0.3, -0.25) is 10.1 Å². The van der Waals surface area contributed by atoms with Crippen LogP contribution in [0, 0.1) is 10.1 Å². The molecule has 0 spiro atoms. The van der Waals surface area contributed by atoms with Crippen molar-refractivity contribution in [3.05, 3.63) is 62.1 Å². The number of benzene rings is 2. The van der Waals surface area contributed by atoms with Crippen molar-refractivity contribution in [2.75, 3.05) is 36.4 Å². The van der Waals surface area contributed by atoms with Crippen molar-refractivity contribution in [1.82, 2.24) is 4.90 Å². The largest absolute Gasteiger partial charge is 0.444 e. The van der Waals surface area contributed by atoms with Gasteiger partial charge in [0.25, 0.3) is 0 Å². The third kappa shape index (κ3) is 6.17. The summed E-state index contributed by atoms with van der Waals surface area (Å²) in [5.74, 6) is 0.